The zero-order chi connectivity index (χ0) is 30.6. The van der Waals surface area contributed by atoms with Gasteiger partial charge in [-0.2, -0.15) is 5.26 Å². The number of amides is 1. The number of aromatic nitrogens is 3. The lowest BCUT2D eigenvalue weighted by molar-refractivity contribution is 0.0636. The lowest BCUT2D eigenvalue weighted by Gasteiger charge is -2.35. The Morgan fingerprint density at radius 2 is 1.88 bits per heavy atom. The SMILES string of the molecule is CCN1CCN(c2ccc(Nc3ncc(C#N)c(-c4cn(CCO)c5ccccc45)n3)c(NC(=O)OC(C)(C)C)c2)CC1. The Kier molecular flexibility index (Phi) is 8.80. The number of nitrogens with zero attached hydrogens (tertiary/aromatic N) is 6. The maximum Gasteiger partial charge on any atom is 0.412 e. The summed E-state index contributed by atoms with van der Waals surface area (Å²) in [6.45, 7) is 12.8. The number of rotatable bonds is 8. The van der Waals surface area contributed by atoms with Gasteiger partial charge < -0.3 is 29.5 Å². The maximum atomic E-state index is 12.8. The van der Waals surface area contributed by atoms with Crippen LogP contribution in [0, 0.1) is 11.3 Å². The van der Waals surface area contributed by atoms with Gasteiger partial charge in [-0.3, -0.25) is 5.32 Å². The van der Waals surface area contributed by atoms with Gasteiger partial charge in [-0.15, -0.1) is 0 Å². The van der Waals surface area contributed by atoms with Gasteiger partial charge in [0.15, 0.2) is 0 Å². The van der Waals surface area contributed by atoms with Crippen molar-refractivity contribution < 1.29 is 14.6 Å². The maximum absolute atomic E-state index is 12.8. The average molecular weight is 583 g/mol. The molecule has 3 heterocycles. The number of anilines is 4. The molecule has 2 aromatic carbocycles. The van der Waals surface area contributed by atoms with Gasteiger partial charge in [0.1, 0.15) is 11.7 Å². The second-order valence-corrected chi connectivity index (χ2v) is 11.4. The third-order valence-corrected chi connectivity index (χ3v) is 7.36. The van der Waals surface area contributed by atoms with Gasteiger partial charge in [0, 0.05) is 61.1 Å². The lowest BCUT2D eigenvalue weighted by atomic mass is 10.1. The molecule has 1 saturated heterocycles. The summed E-state index contributed by atoms with van der Waals surface area (Å²) in [5, 5.41) is 26.6. The summed E-state index contributed by atoms with van der Waals surface area (Å²) in [5.74, 6) is 0.268. The first-order valence-corrected chi connectivity index (χ1v) is 14.5. The zero-order valence-corrected chi connectivity index (χ0v) is 25.1. The van der Waals surface area contributed by atoms with Gasteiger partial charge in [-0.25, -0.2) is 14.8 Å². The molecule has 1 aliphatic heterocycles. The van der Waals surface area contributed by atoms with E-state index in [9.17, 15) is 15.2 Å². The molecule has 0 unspecified atom stereocenters. The van der Waals surface area contributed by atoms with Crippen LogP contribution in [0.15, 0.2) is 54.9 Å². The number of likely N-dealkylation sites (N-methyl/N-ethyl adjacent to an activating group) is 1. The minimum absolute atomic E-state index is 0.0164. The molecule has 11 nitrogen and oxygen atoms in total. The van der Waals surface area contributed by atoms with Crippen LogP contribution in [0.4, 0.5) is 27.8 Å². The second-order valence-electron chi connectivity index (χ2n) is 11.4. The quantitative estimate of drug-likeness (QED) is 0.257. The summed E-state index contributed by atoms with van der Waals surface area (Å²) in [6.07, 6.45) is 2.82. The predicted octanol–water partition coefficient (Wildman–Crippen LogP) is 5.19. The molecule has 43 heavy (non-hydrogen) atoms. The van der Waals surface area contributed by atoms with Crippen LogP contribution in [-0.4, -0.2) is 75.6 Å². The molecule has 3 N–H and O–H groups in total. The van der Waals surface area contributed by atoms with Crippen LogP contribution in [0.2, 0.25) is 0 Å². The van der Waals surface area contributed by atoms with Crippen molar-refractivity contribution in [1.29, 1.82) is 5.26 Å². The molecule has 1 fully saturated rings. The topological polar surface area (TPSA) is 132 Å². The minimum Gasteiger partial charge on any atom is -0.444 e. The Morgan fingerprint density at radius 1 is 1.12 bits per heavy atom. The Labute approximate surface area is 251 Å². The van der Waals surface area contributed by atoms with Gasteiger partial charge in [-0.05, 0) is 51.6 Å². The number of aliphatic hydroxyl groups excluding tert-OH is 1. The number of fused-ring (bicyclic) bond motifs is 1. The fourth-order valence-corrected chi connectivity index (χ4v) is 5.26. The highest BCUT2D eigenvalue weighted by Crippen LogP contribution is 2.34. The molecular weight excluding hydrogens is 544 g/mol. The van der Waals surface area contributed by atoms with E-state index in [0.717, 1.165) is 54.9 Å². The van der Waals surface area contributed by atoms with Gasteiger partial charge in [-0.1, -0.05) is 25.1 Å². The van der Waals surface area contributed by atoms with Crippen LogP contribution in [0.3, 0.4) is 0 Å². The summed E-state index contributed by atoms with van der Waals surface area (Å²) >= 11 is 0. The van der Waals surface area contributed by atoms with E-state index in [0.29, 0.717) is 29.2 Å². The molecule has 0 atom stereocenters. The monoisotopic (exact) mass is 582 g/mol. The fourth-order valence-electron chi connectivity index (χ4n) is 5.26. The van der Waals surface area contributed by atoms with Crippen molar-refractivity contribution in [3.8, 4) is 17.3 Å². The first-order valence-electron chi connectivity index (χ1n) is 14.5. The highest BCUT2D eigenvalue weighted by atomic mass is 16.6. The summed E-state index contributed by atoms with van der Waals surface area (Å²) in [4.78, 5) is 26.7. The van der Waals surface area contributed by atoms with Gasteiger partial charge in [0.05, 0.1) is 35.4 Å². The fraction of sp³-hybridized carbons (Fsp3) is 0.375. The van der Waals surface area contributed by atoms with Crippen molar-refractivity contribution in [2.75, 3.05) is 54.9 Å². The zero-order valence-electron chi connectivity index (χ0n) is 25.1. The van der Waals surface area contributed by atoms with Gasteiger partial charge >= 0.3 is 6.09 Å². The number of ether oxygens (including phenoxy) is 1. The van der Waals surface area contributed by atoms with Gasteiger partial charge in [0.25, 0.3) is 0 Å². The second kappa shape index (κ2) is 12.7. The van der Waals surface area contributed by atoms with Crippen molar-refractivity contribution in [3.05, 3.63) is 60.4 Å². The average Bonchev–Trinajstić information content (AvgIpc) is 3.35. The first kappa shape index (κ1) is 29.8. The molecule has 4 aromatic rings. The van der Waals surface area contributed by atoms with E-state index in [4.69, 9.17) is 9.72 Å². The molecule has 0 spiro atoms. The van der Waals surface area contributed by atoms with Crippen molar-refractivity contribution in [2.24, 2.45) is 0 Å². The van der Waals surface area contributed by atoms with Gasteiger partial charge in [0.2, 0.25) is 5.95 Å². The van der Waals surface area contributed by atoms with E-state index in [2.05, 4.69) is 38.4 Å². The summed E-state index contributed by atoms with van der Waals surface area (Å²) in [7, 11) is 0. The standard InChI is InChI=1S/C32H38N8O3/c1-5-38-12-14-39(15-13-38)23-10-11-26(27(18-23)36-31(42)43-32(2,3)4)35-30-34-20-22(19-33)29(37-30)25-21-40(16-17-41)28-9-7-6-8-24(25)28/h6-11,18,20-21,41H,5,12-17H2,1-4H3,(H,36,42)(H,34,35,37). The molecule has 11 heteroatoms. The van der Waals surface area contributed by atoms with Crippen molar-refractivity contribution in [2.45, 2.75) is 39.8 Å². The van der Waals surface area contributed by atoms with E-state index in [1.165, 1.54) is 6.20 Å². The van der Waals surface area contributed by atoms with Crippen LogP contribution in [0.5, 0.6) is 0 Å². The van der Waals surface area contributed by atoms with E-state index in [1.807, 2.05) is 74.0 Å². The number of piperazine rings is 1. The number of carbonyl (C=O) groups is 1. The van der Waals surface area contributed by atoms with Crippen LogP contribution >= 0.6 is 0 Å². The molecule has 0 aliphatic carbocycles. The smallest absolute Gasteiger partial charge is 0.412 e. The van der Waals surface area contributed by atoms with E-state index >= 15 is 0 Å². The largest absolute Gasteiger partial charge is 0.444 e. The Balaban J connectivity index is 1.50. The Bertz CT molecular complexity index is 1640. The van der Waals surface area contributed by atoms with E-state index in [-0.39, 0.29) is 12.6 Å². The number of hydrogen-bond donors (Lipinski definition) is 3. The van der Waals surface area contributed by atoms with Crippen molar-refractivity contribution in [3.63, 3.8) is 0 Å². The highest BCUT2D eigenvalue weighted by Gasteiger charge is 2.21. The number of carbonyl (C=O) groups excluding carboxylic acids is 1. The van der Waals surface area contributed by atoms with Crippen LogP contribution in [-0.2, 0) is 11.3 Å². The van der Waals surface area contributed by atoms with Crippen molar-refractivity contribution >= 4 is 40.0 Å². The van der Waals surface area contributed by atoms with E-state index < -0.39 is 11.7 Å². The van der Waals surface area contributed by atoms with Crippen LogP contribution < -0.4 is 15.5 Å². The first-order chi connectivity index (χ1) is 20.7. The summed E-state index contributed by atoms with van der Waals surface area (Å²) < 4.78 is 7.49. The molecule has 5 rings (SSSR count). The van der Waals surface area contributed by atoms with Crippen LogP contribution in [0.1, 0.15) is 33.3 Å². The number of nitrogens with one attached hydrogen (secondary N) is 2. The summed E-state index contributed by atoms with van der Waals surface area (Å²) in [6, 6.07) is 15.8. The molecule has 0 radical (unpaired) electrons. The Morgan fingerprint density at radius 3 is 2.58 bits per heavy atom. The molecule has 224 valence electrons. The molecule has 2 aromatic heterocycles. The molecule has 0 bridgehead atoms. The highest BCUT2D eigenvalue weighted by molar-refractivity contribution is 5.97. The number of aliphatic hydroxyl groups is 1. The molecule has 1 amide bonds. The third-order valence-electron chi connectivity index (χ3n) is 7.36. The van der Waals surface area contributed by atoms with Crippen molar-refractivity contribution in [1.82, 2.24) is 19.4 Å². The summed E-state index contributed by atoms with van der Waals surface area (Å²) in [5.41, 5.74) is 3.93. The number of para-hydroxylation sites is 1. The normalized spacial score (nSPS) is 14.0. The van der Waals surface area contributed by atoms with E-state index in [1.54, 1.807) is 0 Å². The number of hydrogen-bond acceptors (Lipinski definition) is 9. The number of benzene rings is 2. The molecule has 0 saturated carbocycles. The third kappa shape index (κ3) is 6.88. The molecular formula is C32H38N8O3. The molecule has 1 aliphatic rings. The number of nitriles is 1. The van der Waals surface area contributed by atoms with Crippen LogP contribution in [0.25, 0.3) is 22.2 Å². The minimum atomic E-state index is -0.661. The Hall–Kier alpha value is -4.66. The lowest BCUT2D eigenvalue weighted by Crippen LogP contribution is -2.46. The predicted molar refractivity (Wildman–Crippen MR) is 169 cm³/mol.